The fourth-order valence-electron chi connectivity index (χ4n) is 2.67. The van der Waals surface area contributed by atoms with E-state index in [1.165, 1.54) is 11.1 Å². The first-order valence-electron chi connectivity index (χ1n) is 7.13. The number of hydrogen-bond donors (Lipinski definition) is 1. The predicted molar refractivity (Wildman–Crippen MR) is 74.1 cm³/mol. The van der Waals surface area contributed by atoms with Crippen molar-refractivity contribution in [1.29, 1.82) is 0 Å². The van der Waals surface area contributed by atoms with Crippen molar-refractivity contribution in [3.05, 3.63) is 29.3 Å². The van der Waals surface area contributed by atoms with E-state index in [0.29, 0.717) is 6.10 Å². The van der Waals surface area contributed by atoms with E-state index in [0.717, 1.165) is 44.3 Å². The van der Waals surface area contributed by atoms with Crippen molar-refractivity contribution in [1.82, 2.24) is 0 Å². The van der Waals surface area contributed by atoms with Gasteiger partial charge in [-0.15, -0.1) is 0 Å². The first-order chi connectivity index (χ1) is 8.69. The van der Waals surface area contributed by atoms with E-state index in [4.69, 9.17) is 4.74 Å². The fourth-order valence-corrected chi connectivity index (χ4v) is 2.67. The van der Waals surface area contributed by atoms with Gasteiger partial charge in [0.15, 0.2) is 0 Å². The molecule has 0 aromatic heterocycles. The molecule has 0 fully saturated rings. The Hall–Kier alpha value is -1.02. The zero-order valence-electron chi connectivity index (χ0n) is 11.5. The lowest BCUT2D eigenvalue weighted by molar-refractivity contribution is 0.141. The average molecular weight is 248 g/mol. The topological polar surface area (TPSA) is 29.5 Å². The third-order valence-electron chi connectivity index (χ3n) is 3.64. The van der Waals surface area contributed by atoms with E-state index >= 15 is 0 Å². The van der Waals surface area contributed by atoms with Gasteiger partial charge in [0, 0.05) is 6.42 Å². The molecule has 0 radical (unpaired) electrons. The molecule has 1 N–H and O–H groups in total. The lowest BCUT2D eigenvalue weighted by atomic mass is 10.0. The van der Waals surface area contributed by atoms with Gasteiger partial charge in [0.25, 0.3) is 0 Å². The van der Waals surface area contributed by atoms with Crippen LogP contribution in [0.1, 0.15) is 50.2 Å². The highest BCUT2D eigenvalue weighted by atomic mass is 16.5. The molecule has 1 heterocycles. The van der Waals surface area contributed by atoms with Crippen LogP contribution >= 0.6 is 0 Å². The van der Waals surface area contributed by atoms with Crippen LogP contribution < -0.4 is 4.74 Å². The fraction of sp³-hybridized carbons (Fsp3) is 0.625. The quantitative estimate of drug-likeness (QED) is 0.833. The molecule has 2 rings (SSSR count). The van der Waals surface area contributed by atoms with Crippen LogP contribution in [0, 0.1) is 6.92 Å². The van der Waals surface area contributed by atoms with Gasteiger partial charge in [0.2, 0.25) is 0 Å². The normalized spacial score (nSPS) is 19.4. The number of fused-ring (bicyclic) bond motifs is 1. The minimum Gasteiger partial charge on any atom is -0.490 e. The number of aliphatic hydroxyl groups excluding tert-OH is 1. The van der Waals surface area contributed by atoms with Crippen molar-refractivity contribution in [2.24, 2.45) is 0 Å². The summed E-state index contributed by atoms with van der Waals surface area (Å²) in [6.45, 7) is 4.23. The zero-order valence-corrected chi connectivity index (χ0v) is 11.5. The molecule has 1 aromatic carbocycles. The smallest absolute Gasteiger partial charge is 0.123 e. The van der Waals surface area contributed by atoms with Crippen LogP contribution in [0.4, 0.5) is 0 Å². The van der Waals surface area contributed by atoms with Gasteiger partial charge in [0.1, 0.15) is 11.9 Å². The Labute approximate surface area is 110 Å². The van der Waals surface area contributed by atoms with E-state index in [-0.39, 0.29) is 6.10 Å². The van der Waals surface area contributed by atoms with Crippen LogP contribution in [0.15, 0.2) is 18.2 Å². The second-order valence-electron chi connectivity index (χ2n) is 5.43. The highest BCUT2D eigenvalue weighted by Gasteiger charge is 2.22. The molecule has 1 aromatic rings. The number of hydrogen-bond acceptors (Lipinski definition) is 2. The second kappa shape index (κ2) is 6.24. The summed E-state index contributed by atoms with van der Waals surface area (Å²) < 4.78 is 5.92. The minimum absolute atomic E-state index is 0.124. The average Bonchev–Trinajstić information content (AvgIpc) is 2.71. The molecule has 2 unspecified atom stereocenters. The summed E-state index contributed by atoms with van der Waals surface area (Å²) in [4.78, 5) is 0. The van der Waals surface area contributed by atoms with Crippen LogP contribution in [0.3, 0.4) is 0 Å². The highest BCUT2D eigenvalue weighted by molar-refractivity contribution is 5.40. The SMILES string of the molecule is CCCC(O)CCCC1Cc2cc(C)ccc2O1. The molecule has 2 nitrogen and oxygen atoms in total. The summed E-state index contributed by atoms with van der Waals surface area (Å²) in [5, 5.41) is 9.69. The van der Waals surface area contributed by atoms with E-state index in [9.17, 15) is 5.11 Å². The maximum atomic E-state index is 9.69. The van der Waals surface area contributed by atoms with Crippen molar-refractivity contribution in [3.8, 4) is 5.75 Å². The van der Waals surface area contributed by atoms with E-state index < -0.39 is 0 Å². The van der Waals surface area contributed by atoms with Crippen molar-refractivity contribution in [3.63, 3.8) is 0 Å². The summed E-state index contributed by atoms with van der Waals surface area (Å²) in [6, 6.07) is 6.41. The maximum absolute atomic E-state index is 9.69. The molecule has 0 aliphatic carbocycles. The van der Waals surface area contributed by atoms with Gasteiger partial charge in [-0.05, 0) is 44.2 Å². The largest absolute Gasteiger partial charge is 0.490 e. The van der Waals surface area contributed by atoms with Gasteiger partial charge in [-0.1, -0.05) is 31.0 Å². The minimum atomic E-state index is -0.124. The molecule has 18 heavy (non-hydrogen) atoms. The molecular weight excluding hydrogens is 224 g/mol. The summed E-state index contributed by atoms with van der Waals surface area (Å²) >= 11 is 0. The van der Waals surface area contributed by atoms with Gasteiger partial charge in [0.05, 0.1) is 6.10 Å². The Morgan fingerprint density at radius 3 is 3.00 bits per heavy atom. The van der Waals surface area contributed by atoms with E-state index in [1.807, 2.05) is 0 Å². The Balaban J connectivity index is 1.74. The number of aliphatic hydroxyl groups is 1. The number of aryl methyl sites for hydroxylation is 1. The molecule has 1 aliphatic rings. The zero-order chi connectivity index (χ0) is 13.0. The standard InChI is InChI=1S/C16H24O2/c1-3-5-14(17)6-4-7-15-11-13-10-12(2)8-9-16(13)18-15/h8-10,14-15,17H,3-7,11H2,1-2H3. The molecule has 0 bridgehead atoms. The van der Waals surface area contributed by atoms with Crippen molar-refractivity contribution < 1.29 is 9.84 Å². The third kappa shape index (κ3) is 3.49. The molecule has 2 atom stereocenters. The van der Waals surface area contributed by atoms with Gasteiger partial charge in [-0.2, -0.15) is 0 Å². The van der Waals surface area contributed by atoms with Crippen LogP contribution in [-0.2, 0) is 6.42 Å². The highest BCUT2D eigenvalue weighted by Crippen LogP contribution is 2.31. The van der Waals surface area contributed by atoms with Crippen LogP contribution in [0.25, 0.3) is 0 Å². The molecule has 0 spiro atoms. The molecule has 0 saturated carbocycles. The Kier molecular flexibility index (Phi) is 4.65. The van der Waals surface area contributed by atoms with Crippen LogP contribution in [0.2, 0.25) is 0 Å². The molecule has 1 aliphatic heterocycles. The molecule has 0 saturated heterocycles. The maximum Gasteiger partial charge on any atom is 0.123 e. The van der Waals surface area contributed by atoms with Gasteiger partial charge >= 0.3 is 0 Å². The van der Waals surface area contributed by atoms with Gasteiger partial charge in [-0.3, -0.25) is 0 Å². The van der Waals surface area contributed by atoms with Crippen LogP contribution in [-0.4, -0.2) is 17.3 Å². The summed E-state index contributed by atoms with van der Waals surface area (Å²) in [5.74, 6) is 1.06. The lowest BCUT2D eigenvalue weighted by Crippen LogP contribution is -2.14. The van der Waals surface area contributed by atoms with Gasteiger partial charge < -0.3 is 9.84 Å². The van der Waals surface area contributed by atoms with Crippen molar-refractivity contribution in [2.45, 2.75) is 64.6 Å². The lowest BCUT2D eigenvalue weighted by Gasteiger charge is -2.12. The predicted octanol–water partition coefficient (Wildman–Crippen LogP) is 3.63. The molecule has 100 valence electrons. The molecule has 0 amide bonds. The summed E-state index contributed by atoms with van der Waals surface area (Å²) in [7, 11) is 0. The Bertz CT molecular complexity index is 387. The second-order valence-corrected chi connectivity index (χ2v) is 5.43. The van der Waals surface area contributed by atoms with Crippen LogP contribution in [0.5, 0.6) is 5.75 Å². The first-order valence-corrected chi connectivity index (χ1v) is 7.13. The monoisotopic (exact) mass is 248 g/mol. The van der Waals surface area contributed by atoms with Gasteiger partial charge in [-0.25, -0.2) is 0 Å². The Morgan fingerprint density at radius 1 is 1.39 bits per heavy atom. The third-order valence-corrected chi connectivity index (χ3v) is 3.64. The van der Waals surface area contributed by atoms with E-state index in [2.05, 4.69) is 32.0 Å². The number of rotatable bonds is 6. The summed E-state index contributed by atoms with van der Waals surface area (Å²) in [5.41, 5.74) is 2.64. The molecule has 2 heteroatoms. The Morgan fingerprint density at radius 2 is 2.22 bits per heavy atom. The van der Waals surface area contributed by atoms with Crippen molar-refractivity contribution >= 4 is 0 Å². The first kappa shape index (κ1) is 13.4. The number of benzene rings is 1. The molecular formula is C16H24O2. The van der Waals surface area contributed by atoms with Crippen molar-refractivity contribution in [2.75, 3.05) is 0 Å². The number of ether oxygens (including phenoxy) is 1. The van der Waals surface area contributed by atoms with E-state index in [1.54, 1.807) is 0 Å². The summed E-state index contributed by atoms with van der Waals surface area (Å²) in [6.07, 6.45) is 6.21.